The molecule has 0 radical (unpaired) electrons. The molecule has 0 aliphatic heterocycles. The molecule has 1 aromatic rings. The van der Waals surface area contributed by atoms with Gasteiger partial charge in [-0.1, -0.05) is 37.6 Å². The summed E-state index contributed by atoms with van der Waals surface area (Å²) >= 11 is 5.75. The fourth-order valence-corrected chi connectivity index (χ4v) is 1.58. The Morgan fingerprint density at radius 1 is 1.11 bits per heavy atom. The molecule has 0 heterocycles. The van der Waals surface area contributed by atoms with Crippen molar-refractivity contribution in [2.45, 2.75) is 33.1 Å². The second-order valence-corrected chi connectivity index (χ2v) is 5.27. The average Bonchev–Trinajstić information content (AvgIpc) is 2.36. The Balaban J connectivity index is 2.28. The minimum absolute atomic E-state index is 0.168. The zero-order valence-electron chi connectivity index (χ0n) is 11.2. The largest absolute Gasteiger partial charge is 0.273 e. The normalized spacial score (nSPS) is 10.3. The number of hydrazine groups is 1. The fourth-order valence-electron chi connectivity index (χ4n) is 1.45. The summed E-state index contributed by atoms with van der Waals surface area (Å²) in [6, 6.07) is 7.02. The monoisotopic (exact) mass is 282 g/mol. The summed E-state index contributed by atoms with van der Waals surface area (Å²) in [7, 11) is 0. The highest BCUT2D eigenvalue weighted by Gasteiger charge is 2.06. The number of hydrogen-bond acceptors (Lipinski definition) is 2. The Labute approximate surface area is 118 Å². The number of halogens is 1. The lowest BCUT2D eigenvalue weighted by molar-refractivity contribution is -0.128. The van der Waals surface area contributed by atoms with Crippen molar-refractivity contribution < 1.29 is 9.59 Å². The van der Waals surface area contributed by atoms with Gasteiger partial charge in [0.25, 0.3) is 0 Å². The van der Waals surface area contributed by atoms with Crippen molar-refractivity contribution in [2.75, 3.05) is 0 Å². The molecule has 0 saturated carbocycles. The molecule has 0 fully saturated rings. The van der Waals surface area contributed by atoms with E-state index in [2.05, 4.69) is 10.9 Å². The van der Waals surface area contributed by atoms with Gasteiger partial charge in [-0.15, -0.1) is 0 Å². The van der Waals surface area contributed by atoms with Gasteiger partial charge in [0.05, 0.1) is 6.42 Å². The van der Waals surface area contributed by atoms with E-state index in [1.165, 1.54) is 0 Å². The molecule has 0 aliphatic rings. The molecule has 0 aliphatic carbocycles. The highest BCUT2D eigenvalue weighted by Crippen LogP contribution is 2.09. The number of carbonyl (C=O) groups is 2. The molecule has 0 aromatic heterocycles. The first-order valence-electron chi connectivity index (χ1n) is 6.29. The lowest BCUT2D eigenvalue weighted by atomic mass is 10.1. The second kappa shape index (κ2) is 7.79. The minimum atomic E-state index is -0.250. The van der Waals surface area contributed by atoms with Crippen LogP contribution in [-0.4, -0.2) is 11.8 Å². The summed E-state index contributed by atoms with van der Waals surface area (Å²) < 4.78 is 0. The number of nitrogens with one attached hydrogen (secondary N) is 2. The van der Waals surface area contributed by atoms with Crippen LogP contribution in [0.1, 0.15) is 32.3 Å². The number of amides is 2. The minimum Gasteiger partial charge on any atom is -0.273 e. The van der Waals surface area contributed by atoms with Crippen LogP contribution in [0.25, 0.3) is 0 Å². The molecule has 4 nitrogen and oxygen atoms in total. The number of carbonyl (C=O) groups excluding carboxylic acids is 2. The maximum atomic E-state index is 11.6. The molecule has 0 unspecified atom stereocenters. The number of hydrogen-bond donors (Lipinski definition) is 2. The van der Waals surface area contributed by atoms with Crippen molar-refractivity contribution >= 4 is 23.4 Å². The van der Waals surface area contributed by atoms with Crippen LogP contribution in [0, 0.1) is 5.92 Å². The Bertz CT molecular complexity index is 430. The van der Waals surface area contributed by atoms with E-state index in [4.69, 9.17) is 11.6 Å². The van der Waals surface area contributed by atoms with Crippen LogP contribution in [0.5, 0.6) is 0 Å². The summed E-state index contributed by atoms with van der Waals surface area (Å²) in [6.45, 7) is 4.10. The Hall–Kier alpha value is -1.55. The molecule has 19 heavy (non-hydrogen) atoms. The van der Waals surface area contributed by atoms with Crippen LogP contribution in [0.4, 0.5) is 0 Å². The third-order valence-electron chi connectivity index (χ3n) is 2.57. The van der Waals surface area contributed by atoms with E-state index in [1.807, 2.05) is 13.8 Å². The van der Waals surface area contributed by atoms with E-state index in [-0.39, 0.29) is 18.2 Å². The van der Waals surface area contributed by atoms with Crippen molar-refractivity contribution in [3.8, 4) is 0 Å². The van der Waals surface area contributed by atoms with Gasteiger partial charge in [0.1, 0.15) is 0 Å². The average molecular weight is 283 g/mol. The molecule has 2 amide bonds. The van der Waals surface area contributed by atoms with Crippen molar-refractivity contribution in [1.82, 2.24) is 10.9 Å². The van der Waals surface area contributed by atoms with E-state index in [0.29, 0.717) is 17.4 Å². The van der Waals surface area contributed by atoms with Crippen molar-refractivity contribution in [1.29, 1.82) is 0 Å². The van der Waals surface area contributed by atoms with E-state index in [9.17, 15) is 9.59 Å². The first-order valence-corrected chi connectivity index (χ1v) is 6.67. The van der Waals surface area contributed by atoms with Crippen molar-refractivity contribution in [2.24, 2.45) is 5.92 Å². The molecule has 0 spiro atoms. The molecular formula is C14H19ClN2O2. The zero-order chi connectivity index (χ0) is 14.3. The van der Waals surface area contributed by atoms with Crippen LogP contribution in [-0.2, 0) is 16.0 Å². The summed E-state index contributed by atoms with van der Waals surface area (Å²) in [4.78, 5) is 23.0. The van der Waals surface area contributed by atoms with Gasteiger partial charge in [0, 0.05) is 11.4 Å². The zero-order valence-corrected chi connectivity index (χ0v) is 12.0. The predicted octanol–water partition coefficient (Wildman–Crippen LogP) is 2.47. The Kier molecular flexibility index (Phi) is 6.36. The second-order valence-electron chi connectivity index (χ2n) is 4.83. The summed E-state index contributed by atoms with van der Waals surface area (Å²) in [5.41, 5.74) is 5.65. The van der Waals surface area contributed by atoms with Gasteiger partial charge in [-0.2, -0.15) is 0 Å². The topological polar surface area (TPSA) is 58.2 Å². The molecule has 0 bridgehead atoms. The summed E-state index contributed by atoms with van der Waals surface area (Å²) in [5, 5.41) is 0.631. The third kappa shape index (κ3) is 6.82. The summed E-state index contributed by atoms with van der Waals surface area (Å²) in [6.07, 6.45) is 1.43. The van der Waals surface area contributed by atoms with Gasteiger partial charge in [-0.05, 0) is 30.0 Å². The Morgan fingerprint density at radius 3 is 2.26 bits per heavy atom. The molecule has 0 saturated heterocycles. The van der Waals surface area contributed by atoms with Crippen molar-refractivity contribution in [3.05, 3.63) is 34.9 Å². The predicted molar refractivity (Wildman–Crippen MR) is 75.5 cm³/mol. The molecule has 1 aromatic carbocycles. The number of rotatable bonds is 5. The molecular weight excluding hydrogens is 264 g/mol. The maximum absolute atomic E-state index is 11.6. The van der Waals surface area contributed by atoms with Crippen LogP contribution >= 0.6 is 11.6 Å². The Morgan fingerprint density at radius 2 is 1.68 bits per heavy atom. The van der Waals surface area contributed by atoms with E-state index in [1.54, 1.807) is 24.3 Å². The first kappa shape index (κ1) is 15.5. The standard InChI is InChI=1S/C14H19ClN2O2/c1-10(2)3-8-13(18)16-17-14(19)9-11-4-6-12(15)7-5-11/h4-7,10H,3,8-9H2,1-2H3,(H,16,18)(H,17,19). The quantitative estimate of drug-likeness (QED) is 0.815. The molecule has 2 N–H and O–H groups in total. The van der Waals surface area contributed by atoms with Gasteiger partial charge in [0.2, 0.25) is 11.8 Å². The molecule has 104 valence electrons. The fraction of sp³-hybridized carbons (Fsp3) is 0.429. The van der Waals surface area contributed by atoms with Gasteiger partial charge in [0.15, 0.2) is 0 Å². The van der Waals surface area contributed by atoms with Gasteiger partial charge in [-0.25, -0.2) is 0 Å². The van der Waals surface area contributed by atoms with Crippen LogP contribution in [0.15, 0.2) is 24.3 Å². The highest BCUT2D eigenvalue weighted by atomic mass is 35.5. The molecule has 5 heteroatoms. The van der Waals surface area contributed by atoms with Gasteiger partial charge >= 0.3 is 0 Å². The van der Waals surface area contributed by atoms with Crippen molar-refractivity contribution in [3.63, 3.8) is 0 Å². The lowest BCUT2D eigenvalue weighted by Crippen LogP contribution is -2.42. The van der Waals surface area contributed by atoms with Crippen LogP contribution in [0.2, 0.25) is 5.02 Å². The van der Waals surface area contributed by atoms with Gasteiger partial charge in [-0.3, -0.25) is 20.4 Å². The first-order chi connectivity index (χ1) is 8.97. The van der Waals surface area contributed by atoms with Crippen LogP contribution in [0.3, 0.4) is 0 Å². The van der Waals surface area contributed by atoms with E-state index >= 15 is 0 Å². The third-order valence-corrected chi connectivity index (χ3v) is 2.82. The highest BCUT2D eigenvalue weighted by molar-refractivity contribution is 6.30. The summed E-state index contributed by atoms with van der Waals surface area (Å²) in [5.74, 6) is 0.0499. The number of benzene rings is 1. The van der Waals surface area contributed by atoms with Gasteiger partial charge < -0.3 is 0 Å². The van der Waals surface area contributed by atoms with E-state index in [0.717, 1.165) is 12.0 Å². The van der Waals surface area contributed by atoms with E-state index < -0.39 is 0 Å². The lowest BCUT2D eigenvalue weighted by Gasteiger charge is -2.08. The smallest absolute Gasteiger partial charge is 0.242 e. The molecule has 0 atom stereocenters. The SMILES string of the molecule is CC(C)CCC(=O)NNC(=O)Cc1ccc(Cl)cc1. The maximum Gasteiger partial charge on any atom is 0.242 e. The van der Waals surface area contributed by atoms with Crippen LogP contribution < -0.4 is 10.9 Å². The molecule has 1 rings (SSSR count).